The van der Waals surface area contributed by atoms with Crippen molar-refractivity contribution in [3.63, 3.8) is 0 Å². The van der Waals surface area contributed by atoms with Crippen LogP contribution in [0.2, 0.25) is 0 Å². The van der Waals surface area contributed by atoms with Gasteiger partial charge in [-0.25, -0.2) is 0 Å². The standard InChI is InChI=1S/C13H16N2O/c1-3-14-9-10-7-11-5-4-6-15-13(11)12(8-10)16-2/h4-8,14H,3,9H2,1-2H3. The predicted octanol–water partition coefficient (Wildman–Crippen LogP) is 2.35. The van der Waals surface area contributed by atoms with E-state index in [4.69, 9.17) is 4.74 Å². The van der Waals surface area contributed by atoms with Crippen LogP contribution in [0.1, 0.15) is 12.5 Å². The fourth-order valence-corrected chi connectivity index (χ4v) is 1.75. The maximum atomic E-state index is 5.36. The van der Waals surface area contributed by atoms with Gasteiger partial charge in [0.1, 0.15) is 11.3 Å². The molecule has 3 nitrogen and oxygen atoms in total. The summed E-state index contributed by atoms with van der Waals surface area (Å²) in [5, 5.41) is 4.42. The number of aromatic nitrogens is 1. The summed E-state index contributed by atoms with van der Waals surface area (Å²) in [6.07, 6.45) is 1.79. The third-order valence-corrected chi connectivity index (χ3v) is 2.53. The molecular formula is C13H16N2O. The van der Waals surface area contributed by atoms with Gasteiger partial charge in [-0.2, -0.15) is 0 Å². The second-order valence-corrected chi connectivity index (χ2v) is 3.65. The first kappa shape index (κ1) is 10.9. The van der Waals surface area contributed by atoms with E-state index in [2.05, 4.69) is 29.4 Å². The molecule has 0 bridgehead atoms. The smallest absolute Gasteiger partial charge is 0.145 e. The largest absolute Gasteiger partial charge is 0.494 e. The monoisotopic (exact) mass is 216 g/mol. The Labute approximate surface area is 95.5 Å². The zero-order chi connectivity index (χ0) is 11.4. The van der Waals surface area contributed by atoms with Gasteiger partial charge >= 0.3 is 0 Å². The molecule has 0 aliphatic rings. The van der Waals surface area contributed by atoms with E-state index in [1.165, 1.54) is 5.56 Å². The third kappa shape index (κ3) is 2.14. The lowest BCUT2D eigenvalue weighted by molar-refractivity contribution is 0.418. The quantitative estimate of drug-likeness (QED) is 0.851. The lowest BCUT2D eigenvalue weighted by atomic mass is 10.1. The van der Waals surface area contributed by atoms with E-state index in [0.29, 0.717) is 0 Å². The van der Waals surface area contributed by atoms with Crippen molar-refractivity contribution in [1.82, 2.24) is 10.3 Å². The van der Waals surface area contributed by atoms with Gasteiger partial charge in [-0.15, -0.1) is 0 Å². The SMILES string of the molecule is CCNCc1cc(OC)c2ncccc2c1. The Balaban J connectivity index is 2.46. The van der Waals surface area contributed by atoms with Crippen LogP contribution in [0.3, 0.4) is 0 Å². The average molecular weight is 216 g/mol. The third-order valence-electron chi connectivity index (χ3n) is 2.53. The molecule has 0 saturated carbocycles. The highest BCUT2D eigenvalue weighted by molar-refractivity contribution is 5.85. The number of hydrogen-bond acceptors (Lipinski definition) is 3. The number of methoxy groups -OCH3 is 1. The average Bonchev–Trinajstić information content (AvgIpc) is 2.35. The Morgan fingerprint density at radius 1 is 1.38 bits per heavy atom. The number of rotatable bonds is 4. The van der Waals surface area contributed by atoms with Crippen molar-refractivity contribution < 1.29 is 4.74 Å². The predicted molar refractivity (Wildman–Crippen MR) is 65.7 cm³/mol. The van der Waals surface area contributed by atoms with Gasteiger partial charge < -0.3 is 10.1 Å². The molecule has 2 aromatic rings. The number of benzene rings is 1. The van der Waals surface area contributed by atoms with E-state index < -0.39 is 0 Å². The number of ether oxygens (including phenoxy) is 1. The summed E-state index contributed by atoms with van der Waals surface area (Å²) in [6.45, 7) is 3.92. The summed E-state index contributed by atoms with van der Waals surface area (Å²) in [6, 6.07) is 8.19. The van der Waals surface area contributed by atoms with Gasteiger partial charge in [0.2, 0.25) is 0 Å². The van der Waals surface area contributed by atoms with E-state index in [9.17, 15) is 0 Å². The molecule has 1 aromatic heterocycles. The van der Waals surface area contributed by atoms with Crippen LogP contribution in [0.15, 0.2) is 30.5 Å². The molecule has 0 aliphatic carbocycles. The molecule has 1 N–H and O–H groups in total. The van der Waals surface area contributed by atoms with Gasteiger partial charge in [0.15, 0.2) is 0 Å². The molecule has 2 rings (SSSR count). The van der Waals surface area contributed by atoms with Crippen LogP contribution in [0.4, 0.5) is 0 Å². The summed E-state index contributed by atoms with van der Waals surface area (Å²) in [7, 11) is 1.68. The Morgan fingerprint density at radius 2 is 2.25 bits per heavy atom. The van der Waals surface area contributed by atoms with Crippen LogP contribution in [0, 0.1) is 0 Å². The summed E-state index contributed by atoms with van der Waals surface area (Å²) in [5.41, 5.74) is 2.14. The molecule has 84 valence electrons. The van der Waals surface area contributed by atoms with Gasteiger partial charge in [0.05, 0.1) is 7.11 Å². The first-order valence-electron chi connectivity index (χ1n) is 5.47. The lowest BCUT2D eigenvalue weighted by Crippen LogP contribution is -2.11. The molecule has 0 atom stereocenters. The van der Waals surface area contributed by atoms with Crippen molar-refractivity contribution in [3.8, 4) is 5.75 Å². The fourth-order valence-electron chi connectivity index (χ4n) is 1.75. The van der Waals surface area contributed by atoms with Crippen molar-refractivity contribution in [3.05, 3.63) is 36.0 Å². The first-order valence-corrected chi connectivity index (χ1v) is 5.47. The van der Waals surface area contributed by atoms with Gasteiger partial charge in [-0.3, -0.25) is 4.98 Å². The molecule has 1 heterocycles. The molecule has 0 saturated heterocycles. The Bertz CT molecular complexity index is 482. The molecule has 3 heteroatoms. The Morgan fingerprint density at radius 3 is 3.00 bits per heavy atom. The van der Waals surface area contributed by atoms with E-state index >= 15 is 0 Å². The van der Waals surface area contributed by atoms with Crippen molar-refractivity contribution in [2.24, 2.45) is 0 Å². The zero-order valence-electron chi connectivity index (χ0n) is 9.66. The van der Waals surface area contributed by atoms with Crippen LogP contribution < -0.4 is 10.1 Å². The maximum Gasteiger partial charge on any atom is 0.145 e. The summed E-state index contributed by atoms with van der Waals surface area (Å²) in [5.74, 6) is 0.839. The van der Waals surface area contributed by atoms with Gasteiger partial charge in [-0.1, -0.05) is 13.0 Å². The molecule has 0 spiro atoms. The minimum atomic E-state index is 0.839. The molecule has 1 aromatic carbocycles. The van der Waals surface area contributed by atoms with E-state index in [0.717, 1.165) is 29.7 Å². The fraction of sp³-hybridized carbons (Fsp3) is 0.308. The van der Waals surface area contributed by atoms with Gasteiger partial charge in [-0.05, 0) is 30.3 Å². The molecule has 0 fully saturated rings. The molecule has 0 amide bonds. The summed E-state index contributed by atoms with van der Waals surface area (Å²) in [4.78, 5) is 4.33. The van der Waals surface area contributed by atoms with Crippen molar-refractivity contribution in [1.29, 1.82) is 0 Å². The van der Waals surface area contributed by atoms with Crippen LogP contribution >= 0.6 is 0 Å². The maximum absolute atomic E-state index is 5.36. The van der Waals surface area contributed by atoms with Crippen molar-refractivity contribution in [2.75, 3.05) is 13.7 Å². The normalized spacial score (nSPS) is 10.6. The number of pyridine rings is 1. The highest BCUT2D eigenvalue weighted by Crippen LogP contribution is 2.25. The number of fused-ring (bicyclic) bond motifs is 1. The lowest BCUT2D eigenvalue weighted by Gasteiger charge is -2.08. The molecule has 0 unspecified atom stereocenters. The minimum absolute atomic E-state index is 0.839. The Kier molecular flexibility index (Phi) is 3.37. The number of nitrogens with one attached hydrogen (secondary N) is 1. The zero-order valence-corrected chi connectivity index (χ0v) is 9.66. The van der Waals surface area contributed by atoms with E-state index in [1.807, 2.05) is 12.1 Å². The van der Waals surface area contributed by atoms with Crippen molar-refractivity contribution in [2.45, 2.75) is 13.5 Å². The van der Waals surface area contributed by atoms with Crippen LogP contribution in [0.5, 0.6) is 5.75 Å². The van der Waals surface area contributed by atoms with Gasteiger partial charge in [0.25, 0.3) is 0 Å². The molecular weight excluding hydrogens is 200 g/mol. The van der Waals surface area contributed by atoms with Crippen LogP contribution in [-0.2, 0) is 6.54 Å². The molecule has 0 radical (unpaired) electrons. The van der Waals surface area contributed by atoms with Crippen molar-refractivity contribution >= 4 is 10.9 Å². The second kappa shape index (κ2) is 4.94. The molecule has 0 aliphatic heterocycles. The van der Waals surface area contributed by atoms with Crippen LogP contribution in [-0.4, -0.2) is 18.6 Å². The topological polar surface area (TPSA) is 34.1 Å². The number of hydrogen-bond donors (Lipinski definition) is 1. The van der Waals surface area contributed by atoms with E-state index in [1.54, 1.807) is 13.3 Å². The van der Waals surface area contributed by atoms with Gasteiger partial charge in [0, 0.05) is 18.1 Å². The number of nitrogens with zero attached hydrogens (tertiary/aromatic N) is 1. The summed E-state index contributed by atoms with van der Waals surface area (Å²) >= 11 is 0. The second-order valence-electron chi connectivity index (χ2n) is 3.65. The highest BCUT2D eigenvalue weighted by Gasteiger charge is 2.04. The first-order chi connectivity index (χ1) is 7.85. The molecule has 16 heavy (non-hydrogen) atoms. The highest BCUT2D eigenvalue weighted by atomic mass is 16.5. The Hall–Kier alpha value is -1.61. The van der Waals surface area contributed by atoms with Crippen LogP contribution in [0.25, 0.3) is 10.9 Å². The van der Waals surface area contributed by atoms with E-state index in [-0.39, 0.29) is 0 Å². The minimum Gasteiger partial charge on any atom is -0.494 e. The summed E-state index contributed by atoms with van der Waals surface area (Å²) < 4.78 is 5.36.